The number of carbonyl (C=O) groups is 3. The lowest BCUT2D eigenvalue weighted by Crippen LogP contribution is -2.37. The van der Waals surface area contributed by atoms with E-state index in [9.17, 15) is 14.4 Å². The number of carbonyl (C=O) groups excluding carboxylic acids is 3. The van der Waals surface area contributed by atoms with Crippen LogP contribution in [0, 0.1) is 6.92 Å². The minimum absolute atomic E-state index is 0.176. The van der Waals surface area contributed by atoms with Gasteiger partial charge in [-0.15, -0.1) is 0 Å². The molecule has 3 N–H and O–H groups in total. The normalized spacial score (nSPS) is 10.5. The highest BCUT2D eigenvalue weighted by atomic mass is 35.5. The van der Waals surface area contributed by atoms with Crippen molar-refractivity contribution in [3.8, 4) is 17.2 Å². The molecule has 0 saturated heterocycles. The predicted octanol–water partition coefficient (Wildman–Crippen LogP) is 3.45. The Balaban J connectivity index is 1.48. The molecule has 0 aliphatic rings. The number of benzene rings is 3. The van der Waals surface area contributed by atoms with Gasteiger partial charge in [0.05, 0.1) is 20.4 Å². The summed E-state index contributed by atoms with van der Waals surface area (Å²) >= 11 is 6.08. The summed E-state index contributed by atoms with van der Waals surface area (Å²) in [5, 5.41) is 9.58. The van der Waals surface area contributed by atoms with Crippen LogP contribution in [-0.2, 0) is 20.9 Å². The van der Waals surface area contributed by atoms with Crippen LogP contribution in [0.25, 0.3) is 0 Å². The van der Waals surface area contributed by atoms with Gasteiger partial charge in [-0.3, -0.25) is 14.4 Å². The van der Waals surface area contributed by atoms with Crippen molar-refractivity contribution in [2.75, 3.05) is 26.1 Å². The lowest BCUT2D eigenvalue weighted by molar-refractivity contribution is -0.139. The molecule has 38 heavy (non-hydrogen) atoms. The topological polar surface area (TPSA) is 127 Å². The zero-order valence-electron chi connectivity index (χ0n) is 21.0. The van der Waals surface area contributed by atoms with E-state index < -0.39 is 11.8 Å². The maximum atomic E-state index is 12.2. The molecule has 0 aromatic heterocycles. The van der Waals surface area contributed by atoms with Crippen LogP contribution in [0.3, 0.4) is 0 Å². The molecule has 3 amide bonds. The second-order valence-corrected chi connectivity index (χ2v) is 8.35. The van der Waals surface area contributed by atoms with Crippen LogP contribution >= 0.6 is 11.6 Å². The largest absolute Gasteiger partial charge is 0.497 e. The first-order valence-corrected chi connectivity index (χ1v) is 11.8. The van der Waals surface area contributed by atoms with Crippen LogP contribution in [0.5, 0.6) is 17.2 Å². The van der Waals surface area contributed by atoms with E-state index >= 15 is 0 Å². The molecule has 3 aromatic carbocycles. The van der Waals surface area contributed by atoms with Crippen molar-refractivity contribution >= 4 is 41.2 Å². The molecule has 3 aromatic rings. The number of ether oxygens (including phenoxy) is 3. The fourth-order valence-corrected chi connectivity index (χ4v) is 3.30. The van der Waals surface area contributed by atoms with Gasteiger partial charge in [0.1, 0.15) is 5.75 Å². The van der Waals surface area contributed by atoms with E-state index in [1.165, 1.54) is 13.3 Å². The number of amides is 3. The van der Waals surface area contributed by atoms with Gasteiger partial charge in [-0.1, -0.05) is 29.8 Å². The number of nitrogens with zero attached hydrogens (tertiary/aromatic N) is 1. The van der Waals surface area contributed by atoms with Crippen LogP contribution < -0.4 is 30.3 Å². The Kier molecular flexibility index (Phi) is 10.1. The number of hydrogen-bond donors (Lipinski definition) is 3. The van der Waals surface area contributed by atoms with Crippen molar-refractivity contribution in [1.82, 2.24) is 10.7 Å². The number of hydrazone groups is 1. The summed E-state index contributed by atoms with van der Waals surface area (Å²) in [5.74, 6) is -0.733. The number of aryl methyl sites for hydroxylation is 1. The molecular weight excluding hydrogens is 512 g/mol. The highest BCUT2D eigenvalue weighted by molar-refractivity contribution is 6.35. The first kappa shape index (κ1) is 28.0. The van der Waals surface area contributed by atoms with Gasteiger partial charge in [0.2, 0.25) is 0 Å². The summed E-state index contributed by atoms with van der Waals surface area (Å²) in [6.45, 7) is 1.79. The van der Waals surface area contributed by atoms with E-state index in [0.717, 1.165) is 11.1 Å². The van der Waals surface area contributed by atoms with Gasteiger partial charge in [0.25, 0.3) is 5.91 Å². The molecule has 0 radical (unpaired) electrons. The van der Waals surface area contributed by atoms with Crippen molar-refractivity contribution in [3.63, 3.8) is 0 Å². The van der Waals surface area contributed by atoms with E-state index in [4.69, 9.17) is 25.8 Å². The number of rotatable bonds is 10. The van der Waals surface area contributed by atoms with E-state index in [0.29, 0.717) is 33.5 Å². The number of nitrogens with one attached hydrogen (secondary N) is 3. The highest BCUT2D eigenvalue weighted by Crippen LogP contribution is 2.27. The Morgan fingerprint density at radius 3 is 2.37 bits per heavy atom. The second kappa shape index (κ2) is 13.7. The Morgan fingerprint density at radius 2 is 1.68 bits per heavy atom. The Labute approximate surface area is 224 Å². The summed E-state index contributed by atoms with van der Waals surface area (Å²) in [6.07, 6.45) is 1.34. The first-order chi connectivity index (χ1) is 18.3. The summed E-state index contributed by atoms with van der Waals surface area (Å²) in [7, 11) is 3.01. The zero-order valence-corrected chi connectivity index (χ0v) is 21.8. The van der Waals surface area contributed by atoms with E-state index in [1.54, 1.807) is 67.8 Å². The third kappa shape index (κ3) is 8.24. The van der Waals surface area contributed by atoms with Gasteiger partial charge in [0, 0.05) is 17.3 Å². The van der Waals surface area contributed by atoms with Crippen LogP contribution in [0.2, 0.25) is 5.02 Å². The molecule has 0 aliphatic carbocycles. The van der Waals surface area contributed by atoms with Crippen LogP contribution in [0.4, 0.5) is 5.69 Å². The van der Waals surface area contributed by atoms with Gasteiger partial charge in [-0.2, -0.15) is 5.10 Å². The number of halogens is 1. The van der Waals surface area contributed by atoms with E-state index in [1.807, 2.05) is 6.92 Å². The smallest absolute Gasteiger partial charge is 0.329 e. The Hall–Kier alpha value is -4.57. The molecule has 10 nitrogen and oxygen atoms in total. The second-order valence-electron chi connectivity index (χ2n) is 7.94. The van der Waals surface area contributed by atoms with Crippen LogP contribution in [0.1, 0.15) is 16.7 Å². The third-order valence-electron chi connectivity index (χ3n) is 5.20. The number of methoxy groups -OCH3 is 2. The quantitative estimate of drug-likeness (QED) is 0.206. The van der Waals surface area contributed by atoms with Gasteiger partial charge >= 0.3 is 11.8 Å². The average Bonchev–Trinajstić information content (AvgIpc) is 2.93. The molecule has 0 bridgehead atoms. The van der Waals surface area contributed by atoms with E-state index in [2.05, 4.69) is 21.2 Å². The SMILES string of the molecule is COc1ccc(CNC(=O)C(=O)N/N=C\c2ccc(OCC(=O)Nc3ccc(C)c(Cl)c3)c(OC)c2)cc1. The maximum Gasteiger partial charge on any atom is 0.329 e. The van der Waals surface area contributed by atoms with Gasteiger partial charge in [0.15, 0.2) is 18.1 Å². The maximum absolute atomic E-state index is 12.2. The van der Waals surface area contributed by atoms with Gasteiger partial charge in [-0.25, -0.2) is 5.43 Å². The molecule has 3 rings (SSSR count). The molecule has 0 fully saturated rings. The van der Waals surface area contributed by atoms with Gasteiger partial charge in [-0.05, 0) is 66.1 Å². The Morgan fingerprint density at radius 1 is 0.921 bits per heavy atom. The molecule has 0 atom stereocenters. The zero-order chi connectivity index (χ0) is 27.5. The van der Waals surface area contributed by atoms with Crippen molar-refractivity contribution in [1.29, 1.82) is 0 Å². The van der Waals surface area contributed by atoms with Crippen molar-refractivity contribution < 1.29 is 28.6 Å². The lowest BCUT2D eigenvalue weighted by atomic mass is 10.2. The van der Waals surface area contributed by atoms with Crippen molar-refractivity contribution in [2.24, 2.45) is 5.10 Å². The number of anilines is 1. The molecule has 0 spiro atoms. The van der Waals surface area contributed by atoms with Gasteiger partial charge < -0.3 is 24.8 Å². The van der Waals surface area contributed by atoms with Crippen molar-refractivity contribution in [2.45, 2.75) is 13.5 Å². The molecule has 0 unspecified atom stereocenters. The summed E-state index contributed by atoms with van der Waals surface area (Å²) in [5.41, 5.74) is 5.01. The fourth-order valence-electron chi connectivity index (χ4n) is 3.12. The first-order valence-electron chi connectivity index (χ1n) is 11.4. The van der Waals surface area contributed by atoms with E-state index in [-0.39, 0.29) is 19.1 Å². The molecule has 0 saturated carbocycles. The fraction of sp³-hybridized carbons (Fsp3) is 0.185. The minimum Gasteiger partial charge on any atom is -0.497 e. The molecule has 0 heterocycles. The summed E-state index contributed by atoms with van der Waals surface area (Å²) in [4.78, 5) is 36.2. The molecule has 0 aliphatic heterocycles. The summed E-state index contributed by atoms with van der Waals surface area (Å²) in [6, 6.07) is 17.1. The average molecular weight is 539 g/mol. The monoisotopic (exact) mass is 538 g/mol. The number of hydrogen-bond acceptors (Lipinski definition) is 7. The molecule has 11 heteroatoms. The standard InChI is InChI=1S/C27H27ClN4O6/c1-17-4-8-20(13-22(17)28)31-25(33)16-38-23-11-7-19(12-24(23)37-3)15-30-32-27(35)26(34)29-14-18-5-9-21(36-2)10-6-18/h4-13,15H,14,16H2,1-3H3,(H,29,34)(H,31,33)(H,32,35)/b30-15-. The minimum atomic E-state index is -0.914. The third-order valence-corrected chi connectivity index (χ3v) is 5.61. The van der Waals surface area contributed by atoms with Crippen LogP contribution in [0.15, 0.2) is 65.8 Å². The Bertz CT molecular complexity index is 1330. The highest BCUT2D eigenvalue weighted by Gasteiger charge is 2.13. The van der Waals surface area contributed by atoms with Crippen LogP contribution in [-0.4, -0.2) is 44.8 Å². The predicted molar refractivity (Wildman–Crippen MR) is 144 cm³/mol. The lowest BCUT2D eigenvalue weighted by Gasteiger charge is -2.12. The molecular formula is C27H27ClN4O6. The van der Waals surface area contributed by atoms with Crippen molar-refractivity contribution in [3.05, 3.63) is 82.4 Å². The summed E-state index contributed by atoms with van der Waals surface area (Å²) < 4.78 is 16.0. The molecule has 198 valence electrons.